The standard InChI is InChI=1S/C10H13N3O/c1-6-4-8(7(2)14-6)9-5-10(11)13(3)12-9/h4-5H,11H2,1-3H3. The van der Waals surface area contributed by atoms with E-state index in [9.17, 15) is 0 Å². The second kappa shape index (κ2) is 2.90. The van der Waals surface area contributed by atoms with Gasteiger partial charge in [-0.3, -0.25) is 4.68 Å². The Hall–Kier alpha value is -1.71. The third-order valence-corrected chi connectivity index (χ3v) is 2.23. The quantitative estimate of drug-likeness (QED) is 0.748. The van der Waals surface area contributed by atoms with Gasteiger partial charge in [0.2, 0.25) is 0 Å². The second-order valence-corrected chi connectivity index (χ2v) is 3.40. The van der Waals surface area contributed by atoms with Crippen molar-refractivity contribution >= 4 is 5.82 Å². The van der Waals surface area contributed by atoms with E-state index in [1.165, 1.54) is 0 Å². The van der Waals surface area contributed by atoms with E-state index in [2.05, 4.69) is 5.10 Å². The van der Waals surface area contributed by atoms with Gasteiger partial charge in [-0.1, -0.05) is 0 Å². The predicted molar refractivity (Wildman–Crippen MR) is 54.8 cm³/mol. The van der Waals surface area contributed by atoms with Crippen molar-refractivity contribution in [2.24, 2.45) is 7.05 Å². The molecule has 0 bridgehead atoms. The van der Waals surface area contributed by atoms with E-state index in [4.69, 9.17) is 10.2 Å². The van der Waals surface area contributed by atoms with Crippen LogP contribution in [0, 0.1) is 13.8 Å². The Balaban J connectivity index is 2.54. The van der Waals surface area contributed by atoms with E-state index in [1.807, 2.05) is 33.0 Å². The minimum atomic E-state index is 0.651. The fraction of sp³-hybridized carbons (Fsp3) is 0.300. The molecule has 0 aromatic carbocycles. The highest BCUT2D eigenvalue weighted by Gasteiger charge is 2.11. The molecule has 0 radical (unpaired) electrons. The van der Waals surface area contributed by atoms with Gasteiger partial charge >= 0.3 is 0 Å². The van der Waals surface area contributed by atoms with Crippen LogP contribution in [0.2, 0.25) is 0 Å². The summed E-state index contributed by atoms with van der Waals surface area (Å²) in [5.41, 5.74) is 7.57. The lowest BCUT2D eigenvalue weighted by Crippen LogP contribution is -1.96. The molecular weight excluding hydrogens is 178 g/mol. The van der Waals surface area contributed by atoms with Gasteiger partial charge in [-0.15, -0.1) is 0 Å². The molecule has 74 valence electrons. The van der Waals surface area contributed by atoms with Gasteiger partial charge in [0, 0.05) is 18.7 Å². The maximum absolute atomic E-state index is 5.70. The minimum Gasteiger partial charge on any atom is -0.466 e. The molecule has 2 aromatic rings. The van der Waals surface area contributed by atoms with E-state index < -0.39 is 0 Å². The molecule has 0 atom stereocenters. The van der Waals surface area contributed by atoms with Crippen LogP contribution < -0.4 is 5.73 Å². The maximum atomic E-state index is 5.70. The molecule has 4 nitrogen and oxygen atoms in total. The number of nitrogen functional groups attached to an aromatic ring is 1. The average Bonchev–Trinajstić information content (AvgIpc) is 2.57. The molecule has 0 unspecified atom stereocenters. The molecule has 0 spiro atoms. The van der Waals surface area contributed by atoms with Crippen molar-refractivity contribution < 1.29 is 4.42 Å². The summed E-state index contributed by atoms with van der Waals surface area (Å²) in [6, 6.07) is 3.81. The summed E-state index contributed by atoms with van der Waals surface area (Å²) in [5, 5.41) is 4.29. The van der Waals surface area contributed by atoms with Gasteiger partial charge < -0.3 is 10.2 Å². The van der Waals surface area contributed by atoms with Gasteiger partial charge in [-0.05, 0) is 19.9 Å². The summed E-state index contributed by atoms with van der Waals surface area (Å²) in [5.74, 6) is 2.42. The van der Waals surface area contributed by atoms with Gasteiger partial charge in [0.1, 0.15) is 17.3 Å². The maximum Gasteiger partial charge on any atom is 0.121 e. The Labute approximate surface area is 82.3 Å². The molecule has 14 heavy (non-hydrogen) atoms. The number of anilines is 1. The van der Waals surface area contributed by atoms with Crippen molar-refractivity contribution in [1.29, 1.82) is 0 Å². The second-order valence-electron chi connectivity index (χ2n) is 3.40. The van der Waals surface area contributed by atoms with Crippen LogP contribution in [-0.2, 0) is 7.05 Å². The van der Waals surface area contributed by atoms with Gasteiger partial charge in [-0.2, -0.15) is 5.10 Å². The van der Waals surface area contributed by atoms with Crippen molar-refractivity contribution in [3.8, 4) is 11.3 Å². The van der Waals surface area contributed by atoms with Gasteiger partial charge in [-0.25, -0.2) is 0 Å². The van der Waals surface area contributed by atoms with E-state index >= 15 is 0 Å². The molecule has 2 heterocycles. The van der Waals surface area contributed by atoms with E-state index in [0.717, 1.165) is 22.8 Å². The molecule has 0 saturated heterocycles. The van der Waals surface area contributed by atoms with Crippen molar-refractivity contribution in [1.82, 2.24) is 9.78 Å². The SMILES string of the molecule is Cc1cc(-c2cc(N)n(C)n2)c(C)o1. The molecular formula is C10H13N3O. The van der Waals surface area contributed by atoms with Crippen molar-refractivity contribution in [3.63, 3.8) is 0 Å². The zero-order valence-electron chi connectivity index (χ0n) is 8.53. The minimum absolute atomic E-state index is 0.651. The van der Waals surface area contributed by atoms with Crippen LogP contribution in [-0.4, -0.2) is 9.78 Å². The van der Waals surface area contributed by atoms with Crippen LogP contribution >= 0.6 is 0 Å². The number of hydrogen-bond donors (Lipinski definition) is 1. The lowest BCUT2D eigenvalue weighted by Gasteiger charge is -1.91. The van der Waals surface area contributed by atoms with E-state index in [0.29, 0.717) is 5.82 Å². The highest BCUT2D eigenvalue weighted by Crippen LogP contribution is 2.26. The average molecular weight is 191 g/mol. The summed E-state index contributed by atoms with van der Waals surface area (Å²) in [6.45, 7) is 3.84. The summed E-state index contributed by atoms with van der Waals surface area (Å²) < 4.78 is 7.08. The Kier molecular flexibility index (Phi) is 1.84. The Morgan fingerprint density at radius 3 is 2.50 bits per heavy atom. The number of aryl methyl sites for hydroxylation is 3. The van der Waals surface area contributed by atoms with Crippen LogP contribution in [0.25, 0.3) is 11.3 Å². The first-order chi connectivity index (χ1) is 6.58. The van der Waals surface area contributed by atoms with Gasteiger partial charge in [0.25, 0.3) is 0 Å². The zero-order valence-corrected chi connectivity index (χ0v) is 8.53. The molecule has 0 fully saturated rings. The molecule has 0 aliphatic heterocycles. The van der Waals surface area contributed by atoms with Crippen LogP contribution in [0.5, 0.6) is 0 Å². The number of nitrogens with zero attached hydrogens (tertiary/aromatic N) is 2. The highest BCUT2D eigenvalue weighted by atomic mass is 16.3. The predicted octanol–water partition coefficient (Wildman–Crippen LogP) is 1.88. The number of hydrogen-bond acceptors (Lipinski definition) is 3. The molecule has 0 saturated carbocycles. The van der Waals surface area contributed by atoms with Crippen LogP contribution in [0.15, 0.2) is 16.5 Å². The zero-order chi connectivity index (χ0) is 10.3. The van der Waals surface area contributed by atoms with Gasteiger partial charge in [0.05, 0.1) is 5.69 Å². The lowest BCUT2D eigenvalue weighted by molar-refractivity contribution is 0.505. The normalized spacial score (nSPS) is 10.8. The molecule has 2 N–H and O–H groups in total. The summed E-state index contributed by atoms with van der Waals surface area (Å²) >= 11 is 0. The Bertz CT molecular complexity index is 448. The van der Waals surface area contributed by atoms with Crippen LogP contribution in [0.3, 0.4) is 0 Å². The highest BCUT2D eigenvalue weighted by molar-refractivity contribution is 5.64. The third kappa shape index (κ3) is 1.28. The molecule has 0 aliphatic carbocycles. The Morgan fingerprint density at radius 2 is 2.07 bits per heavy atom. The topological polar surface area (TPSA) is 57.0 Å². The van der Waals surface area contributed by atoms with Crippen LogP contribution in [0.1, 0.15) is 11.5 Å². The smallest absolute Gasteiger partial charge is 0.121 e. The fourth-order valence-corrected chi connectivity index (χ4v) is 1.50. The van der Waals surface area contributed by atoms with Crippen LogP contribution in [0.4, 0.5) is 5.82 Å². The number of furan rings is 1. The molecule has 4 heteroatoms. The fourth-order valence-electron chi connectivity index (χ4n) is 1.50. The van der Waals surface area contributed by atoms with E-state index in [1.54, 1.807) is 4.68 Å². The molecule has 2 rings (SSSR count). The van der Waals surface area contributed by atoms with Gasteiger partial charge in [0.15, 0.2) is 0 Å². The number of aromatic nitrogens is 2. The summed E-state index contributed by atoms with van der Waals surface area (Å²) in [6.07, 6.45) is 0. The number of nitrogens with two attached hydrogens (primary N) is 1. The lowest BCUT2D eigenvalue weighted by atomic mass is 10.2. The van der Waals surface area contributed by atoms with Crippen molar-refractivity contribution in [2.75, 3.05) is 5.73 Å². The van der Waals surface area contributed by atoms with Crippen molar-refractivity contribution in [3.05, 3.63) is 23.7 Å². The van der Waals surface area contributed by atoms with Crippen molar-refractivity contribution in [2.45, 2.75) is 13.8 Å². The number of rotatable bonds is 1. The first kappa shape index (κ1) is 8.87. The third-order valence-electron chi connectivity index (χ3n) is 2.23. The first-order valence-corrected chi connectivity index (χ1v) is 4.45. The molecule has 0 aliphatic rings. The first-order valence-electron chi connectivity index (χ1n) is 4.45. The summed E-state index contributed by atoms with van der Waals surface area (Å²) in [4.78, 5) is 0. The molecule has 2 aromatic heterocycles. The van der Waals surface area contributed by atoms with E-state index in [-0.39, 0.29) is 0 Å². The summed E-state index contributed by atoms with van der Waals surface area (Å²) in [7, 11) is 1.82. The monoisotopic (exact) mass is 191 g/mol. The Morgan fingerprint density at radius 1 is 1.36 bits per heavy atom. The largest absolute Gasteiger partial charge is 0.466 e. The molecule has 0 amide bonds.